The highest BCUT2D eigenvalue weighted by Gasteiger charge is 2.22. The average Bonchev–Trinajstić information content (AvgIpc) is 3.23. The molecule has 0 radical (unpaired) electrons. The summed E-state index contributed by atoms with van der Waals surface area (Å²) in [7, 11) is 1.44. The minimum Gasteiger partial charge on any atom is -0.496 e. The standard InChI is InChI=1S/C22H26N4O5/c1-30-18-3-4-19(20(13-18)26(28)29)23-22(27)15-25-9-7-24(8-10-25)14-16-2-5-21-17(12-16)6-11-31-21/h2-5,12-13H,6-11,14-15H2,1H3,(H,23,27). The number of hydrogen-bond donors (Lipinski definition) is 1. The van der Waals surface area contributed by atoms with Crippen molar-refractivity contribution < 1.29 is 19.2 Å². The maximum absolute atomic E-state index is 12.5. The lowest BCUT2D eigenvalue weighted by atomic mass is 10.1. The van der Waals surface area contributed by atoms with Gasteiger partial charge in [0.15, 0.2) is 0 Å². The predicted octanol–water partition coefficient (Wildman–Crippen LogP) is 2.29. The molecule has 1 N–H and O–H groups in total. The molecule has 2 heterocycles. The zero-order chi connectivity index (χ0) is 21.8. The Morgan fingerprint density at radius 1 is 1.16 bits per heavy atom. The molecule has 164 valence electrons. The first kappa shape index (κ1) is 21.1. The number of benzene rings is 2. The van der Waals surface area contributed by atoms with E-state index in [0.717, 1.165) is 51.5 Å². The van der Waals surface area contributed by atoms with Gasteiger partial charge in [-0.25, -0.2) is 0 Å². The van der Waals surface area contributed by atoms with Crippen LogP contribution in [0, 0.1) is 10.1 Å². The van der Waals surface area contributed by atoms with E-state index in [2.05, 4.69) is 33.3 Å². The van der Waals surface area contributed by atoms with Crippen LogP contribution in [0.2, 0.25) is 0 Å². The van der Waals surface area contributed by atoms with Crippen molar-refractivity contribution in [3.8, 4) is 11.5 Å². The van der Waals surface area contributed by atoms with E-state index in [1.165, 1.54) is 30.4 Å². The average molecular weight is 426 g/mol. The van der Waals surface area contributed by atoms with E-state index in [1.807, 2.05) is 0 Å². The fourth-order valence-corrected chi connectivity index (χ4v) is 3.99. The van der Waals surface area contributed by atoms with Crippen LogP contribution in [-0.4, -0.2) is 67.1 Å². The van der Waals surface area contributed by atoms with Gasteiger partial charge < -0.3 is 14.8 Å². The molecule has 0 aromatic heterocycles. The molecule has 0 bridgehead atoms. The number of nitro benzene ring substituents is 1. The zero-order valence-electron chi connectivity index (χ0n) is 17.5. The first-order valence-electron chi connectivity index (χ1n) is 10.3. The van der Waals surface area contributed by atoms with Crippen molar-refractivity contribution in [3.63, 3.8) is 0 Å². The Labute approximate surface area is 180 Å². The second-order valence-electron chi connectivity index (χ2n) is 7.78. The summed E-state index contributed by atoms with van der Waals surface area (Å²) in [6.07, 6.45) is 0.971. The summed E-state index contributed by atoms with van der Waals surface area (Å²) in [5, 5.41) is 13.9. The van der Waals surface area contributed by atoms with Gasteiger partial charge in [-0.2, -0.15) is 0 Å². The molecule has 2 aromatic rings. The number of anilines is 1. The van der Waals surface area contributed by atoms with Crippen LogP contribution in [0.1, 0.15) is 11.1 Å². The third-order valence-corrected chi connectivity index (χ3v) is 5.67. The second-order valence-corrected chi connectivity index (χ2v) is 7.78. The molecular formula is C22H26N4O5. The van der Waals surface area contributed by atoms with Crippen molar-refractivity contribution in [2.45, 2.75) is 13.0 Å². The molecule has 4 rings (SSSR count). The minimum atomic E-state index is -0.526. The largest absolute Gasteiger partial charge is 0.496 e. The number of nitrogens with one attached hydrogen (secondary N) is 1. The van der Waals surface area contributed by atoms with E-state index in [-0.39, 0.29) is 23.8 Å². The lowest BCUT2D eigenvalue weighted by Gasteiger charge is -2.34. The second kappa shape index (κ2) is 9.32. The van der Waals surface area contributed by atoms with Gasteiger partial charge in [0.25, 0.3) is 5.69 Å². The van der Waals surface area contributed by atoms with Crippen molar-refractivity contribution in [1.82, 2.24) is 9.80 Å². The topological polar surface area (TPSA) is 97.2 Å². The van der Waals surface area contributed by atoms with Crippen molar-refractivity contribution in [2.75, 3.05) is 51.8 Å². The summed E-state index contributed by atoms with van der Waals surface area (Å²) in [4.78, 5) is 27.7. The number of rotatable bonds is 7. The number of nitrogens with zero attached hydrogens (tertiary/aromatic N) is 3. The van der Waals surface area contributed by atoms with Gasteiger partial charge in [0.05, 0.1) is 31.3 Å². The van der Waals surface area contributed by atoms with Gasteiger partial charge in [0.1, 0.15) is 17.2 Å². The number of fused-ring (bicyclic) bond motifs is 1. The molecule has 1 fully saturated rings. The number of carbonyl (C=O) groups is 1. The van der Waals surface area contributed by atoms with Crippen LogP contribution in [0.15, 0.2) is 36.4 Å². The van der Waals surface area contributed by atoms with E-state index in [9.17, 15) is 14.9 Å². The number of hydrogen-bond acceptors (Lipinski definition) is 7. The molecule has 0 atom stereocenters. The summed E-state index contributed by atoms with van der Waals surface area (Å²) in [5.74, 6) is 1.11. The number of piperazine rings is 1. The number of amides is 1. The van der Waals surface area contributed by atoms with Crippen molar-refractivity contribution in [2.24, 2.45) is 0 Å². The maximum atomic E-state index is 12.5. The van der Waals surface area contributed by atoms with Crippen LogP contribution in [0.4, 0.5) is 11.4 Å². The summed E-state index contributed by atoms with van der Waals surface area (Å²) in [6.45, 7) is 5.11. The fourth-order valence-electron chi connectivity index (χ4n) is 3.99. The van der Waals surface area contributed by atoms with E-state index in [0.29, 0.717) is 5.75 Å². The first-order valence-corrected chi connectivity index (χ1v) is 10.3. The Bertz CT molecular complexity index is 972. The third kappa shape index (κ3) is 5.12. The Morgan fingerprint density at radius 2 is 1.94 bits per heavy atom. The zero-order valence-corrected chi connectivity index (χ0v) is 17.5. The Balaban J connectivity index is 1.27. The maximum Gasteiger partial charge on any atom is 0.296 e. The molecule has 0 aliphatic carbocycles. The van der Waals surface area contributed by atoms with Crippen molar-refractivity contribution in [1.29, 1.82) is 0 Å². The molecule has 9 nitrogen and oxygen atoms in total. The molecule has 2 aromatic carbocycles. The van der Waals surface area contributed by atoms with Gasteiger partial charge in [0, 0.05) is 39.1 Å². The minimum absolute atomic E-state index is 0.176. The summed E-state index contributed by atoms with van der Waals surface area (Å²) in [5.41, 5.74) is 2.55. The van der Waals surface area contributed by atoms with Crippen LogP contribution in [0.5, 0.6) is 11.5 Å². The molecule has 1 amide bonds. The quantitative estimate of drug-likeness (QED) is 0.536. The van der Waals surface area contributed by atoms with E-state index < -0.39 is 4.92 Å². The highest BCUT2D eigenvalue weighted by atomic mass is 16.6. The van der Waals surface area contributed by atoms with Crippen LogP contribution < -0.4 is 14.8 Å². The van der Waals surface area contributed by atoms with E-state index in [1.54, 1.807) is 6.07 Å². The van der Waals surface area contributed by atoms with Crippen molar-refractivity contribution >= 4 is 17.3 Å². The molecule has 31 heavy (non-hydrogen) atoms. The number of ether oxygens (including phenoxy) is 2. The molecule has 1 saturated heterocycles. The molecule has 0 spiro atoms. The van der Waals surface area contributed by atoms with Gasteiger partial charge in [-0.3, -0.25) is 24.7 Å². The molecule has 9 heteroatoms. The van der Waals surface area contributed by atoms with E-state index >= 15 is 0 Å². The molecular weight excluding hydrogens is 400 g/mol. The normalized spacial score (nSPS) is 16.4. The van der Waals surface area contributed by atoms with Gasteiger partial charge in [-0.1, -0.05) is 12.1 Å². The van der Waals surface area contributed by atoms with Crippen LogP contribution in [0.25, 0.3) is 0 Å². The van der Waals surface area contributed by atoms with Gasteiger partial charge in [-0.15, -0.1) is 0 Å². The van der Waals surface area contributed by atoms with Crippen LogP contribution in [0.3, 0.4) is 0 Å². The highest BCUT2D eigenvalue weighted by molar-refractivity contribution is 5.94. The summed E-state index contributed by atoms with van der Waals surface area (Å²) < 4.78 is 10.6. The lowest BCUT2D eigenvalue weighted by Crippen LogP contribution is -2.48. The monoisotopic (exact) mass is 426 g/mol. The summed E-state index contributed by atoms with van der Waals surface area (Å²) in [6, 6.07) is 10.8. The molecule has 2 aliphatic heterocycles. The number of methoxy groups -OCH3 is 1. The SMILES string of the molecule is COc1ccc(NC(=O)CN2CCN(Cc3ccc4c(c3)CCO4)CC2)c([N+](=O)[O-])c1. The Hall–Kier alpha value is -3.17. The van der Waals surface area contributed by atoms with Gasteiger partial charge in [-0.05, 0) is 29.3 Å². The molecule has 0 saturated carbocycles. The lowest BCUT2D eigenvalue weighted by molar-refractivity contribution is -0.384. The highest BCUT2D eigenvalue weighted by Crippen LogP contribution is 2.29. The van der Waals surface area contributed by atoms with Crippen molar-refractivity contribution in [3.05, 3.63) is 57.6 Å². The third-order valence-electron chi connectivity index (χ3n) is 5.67. The first-order chi connectivity index (χ1) is 15.0. The Morgan fingerprint density at radius 3 is 2.68 bits per heavy atom. The Kier molecular flexibility index (Phi) is 6.34. The van der Waals surface area contributed by atoms with Gasteiger partial charge >= 0.3 is 0 Å². The van der Waals surface area contributed by atoms with Crippen LogP contribution >= 0.6 is 0 Å². The van der Waals surface area contributed by atoms with Crippen LogP contribution in [-0.2, 0) is 17.8 Å². The summed E-state index contributed by atoms with van der Waals surface area (Å²) >= 11 is 0. The van der Waals surface area contributed by atoms with Gasteiger partial charge in [0.2, 0.25) is 5.91 Å². The predicted molar refractivity (Wildman–Crippen MR) is 116 cm³/mol. The molecule has 0 unspecified atom stereocenters. The fraction of sp³-hybridized carbons (Fsp3) is 0.409. The van der Waals surface area contributed by atoms with E-state index in [4.69, 9.17) is 9.47 Å². The molecule has 2 aliphatic rings. The number of carbonyl (C=O) groups excluding carboxylic acids is 1. The smallest absolute Gasteiger partial charge is 0.296 e. The number of nitro groups is 1.